The zero-order chi connectivity index (χ0) is 18.3. The summed E-state index contributed by atoms with van der Waals surface area (Å²) in [6.45, 7) is 6.86. The van der Waals surface area contributed by atoms with Crippen LogP contribution in [0.3, 0.4) is 0 Å². The van der Waals surface area contributed by atoms with E-state index in [9.17, 15) is 14.7 Å². The van der Waals surface area contributed by atoms with Crippen molar-refractivity contribution in [1.29, 1.82) is 0 Å². The van der Waals surface area contributed by atoms with Crippen molar-refractivity contribution in [1.82, 2.24) is 0 Å². The fraction of sp³-hybridized carbons (Fsp3) is 0.500. The van der Waals surface area contributed by atoms with Crippen LogP contribution in [0.15, 0.2) is 29.4 Å². The first-order valence-electron chi connectivity index (χ1n) is 7.27. The van der Waals surface area contributed by atoms with Gasteiger partial charge in [0.1, 0.15) is 0 Å². The number of nitrogens with one attached hydrogen (secondary N) is 1. The zero-order valence-electron chi connectivity index (χ0n) is 14.3. The number of nitrogens with zero attached hydrogens (tertiary/aromatic N) is 2. The summed E-state index contributed by atoms with van der Waals surface area (Å²) in [5.74, 6) is 0. The fourth-order valence-corrected chi connectivity index (χ4v) is 3.40. The van der Waals surface area contributed by atoms with E-state index in [4.69, 9.17) is 13.8 Å². The SMILES string of the molecule is COC(=NNc1ccc([N+](=O)[O-])cc1)P(=O)(OC(C)C)OC(C)C. The van der Waals surface area contributed by atoms with Crippen molar-refractivity contribution >= 4 is 24.6 Å². The first kappa shape index (κ1) is 20.1. The van der Waals surface area contributed by atoms with Gasteiger partial charge in [-0.3, -0.25) is 24.6 Å². The van der Waals surface area contributed by atoms with Gasteiger partial charge in [0.2, 0.25) is 0 Å². The van der Waals surface area contributed by atoms with E-state index in [-0.39, 0.29) is 23.5 Å². The summed E-state index contributed by atoms with van der Waals surface area (Å²) in [4.78, 5) is 10.1. The Labute approximate surface area is 140 Å². The third-order valence-electron chi connectivity index (χ3n) is 2.47. The Morgan fingerprint density at radius 2 is 1.67 bits per heavy atom. The van der Waals surface area contributed by atoms with E-state index in [1.165, 1.54) is 31.4 Å². The Morgan fingerprint density at radius 3 is 2.04 bits per heavy atom. The van der Waals surface area contributed by atoms with Gasteiger partial charge in [0.25, 0.3) is 5.69 Å². The highest BCUT2D eigenvalue weighted by Gasteiger charge is 2.36. The minimum Gasteiger partial charge on any atom is -0.474 e. The van der Waals surface area contributed by atoms with Crippen LogP contribution in [0.2, 0.25) is 0 Å². The normalized spacial score (nSPS) is 12.5. The Balaban J connectivity index is 3.00. The number of hydrogen-bond donors (Lipinski definition) is 1. The van der Waals surface area contributed by atoms with Crippen LogP contribution in [0.4, 0.5) is 11.4 Å². The minimum absolute atomic E-state index is 0.0477. The van der Waals surface area contributed by atoms with Gasteiger partial charge in [0.05, 0.1) is 29.9 Å². The predicted octanol–water partition coefficient (Wildman–Crippen LogP) is 3.97. The van der Waals surface area contributed by atoms with Gasteiger partial charge in [-0.25, -0.2) is 4.57 Å². The molecule has 0 saturated heterocycles. The maximum Gasteiger partial charge on any atom is 0.417 e. The van der Waals surface area contributed by atoms with Crippen molar-refractivity contribution in [3.8, 4) is 0 Å². The number of benzene rings is 1. The molecule has 1 rings (SSSR count). The maximum absolute atomic E-state index is 12.9. The molecular formula is C14H22N3O6P. The lowest BCUT2D eigenvalue weighted by Crippen LogP contribution is -2.16. The van der Waals surface area contributed by atoms with Gasteiger partial charge >= 0.3 is 13.2 Å². The molecule has 0 saturated carbocycles. The molecule has 0 fully saturated rings. The molecule has 0 heterocycles. The zero-order valence-corrected chi connectivity index (χ0v) is 15.1. The van der Waals surface area contributed by atoms with Gasteiger partial charge in [-0.15, -0.1) is 5.10 Å². The minimum atomic E-state index is -3.75. The smallest absolute Gasteiger partial charge is 0.417 e. The van der Waals surface area contributed by atoms with Crippen LogP contribution in [0, 0.1) is 10.1 Å². The number of nitro benzene ring substituents is 1. The molecule has 0 aliphatic heterocycles. The van der Waals surface area contributed by atoms with E-state index in [0.717, 1.165) is 0 Å². The van der Waals surface area contributed by atoms with Crippen LogP contribution in [-0.2, 0) is 18.3 Å². The monoisotopic (exact) mass is 359 g/mol. The molecule has 24 heavy (non-hydrogen) atoms. The lowest BCUT2D eigenvalue weighted by atomic mass is 10.3. The number of hydrogen-bond acceptors (Lipinski definition) is 8. The summed E-state index contributed by atoms with van der Waals surface area (Å²) in [5.41, 5.74) is 2.80. The molecule has 134 valence electrons. The van der Waals surface area contributed by atoms with Crippen LogP contribution in [-0.4, -0.2) is 29.9 Å². The molecule has 0 bridgehead atoms. The van der Waals surface area contributed by atoms with Gasteiger partial charge < -0.3 is 4.74 Å². The van der Waals surface area contributed by atoms with Crippen LogP contribution < -0.4 is 5.43 Å². The summed E-state index contributed by atoms with van der Waals surface area (Å²) in [6, 6.07) is 5.57. The highest BCUT2D eigenvalue weighted by molar-refractivity contribution is 7.71. The van der Waals surface area contributed by atoms with Crippen molar-refractivity contribution in [2.24, 2.45) is 5.10 Å². The third kappa shape index (κ3) is 5.92. The number of ether oxygens (including phenoxy) is 1. The highest BCUT2D eigenvalue weighted by atomic mass is 31.2. The van der Waals surface area contributed by atoms with Crippen molar-refractivity contribution in [3.05, 3.63) is 34.4 Å². The Morgan fingerprint density at radius 1 is 1.17 bits per heavy atom. The number of hydrazone groups is 1. The average molecular weight is 359 g/mol. The molecule has 1 N–H and O–H groups in total. The van der Waals surface area contributed by atoms with Gasteiger partial charge in [-0.05, 0) is 39.8 Å². The van der Waals surface area contributed by atoms with Gasteiger partial charge in [0, 0.05) is 12.1 Å². The number of rotatable bonds is 8. The molecule has 9 nitrogen and oxygen atoms in total. The lowest BCUT2D eigenvalue weighted by Gasteiger charge is -2.22. The molecule has 0 aliphatic carbocycles. The van der Waals surface area contributed by atoms with E-state index >= 15 is 0 Å². The number of methoxy groups -OCH3 is 1. The molecule has 0 aromatic heterocycles. The Kier molecular flexibility index (Phi) is 7.34. The van der Waals surface area contributed by atoms with Crippen molar-refractivity contribution < 1.29 is 23.3 Å². The third-order valence-corrected chi connectivity index (χ3v) is 4.62. The van der Waals surface area contributed by atoms with E-state index < -0.39 is 12.5 Å². The molecule has 10 heteroatoms. The summed E-state index contributed by atoms with van der Waals surface area (Å²) in [6.07, 6.45) is -0.733. The summed E-state index contributed by atoms with van der Waals surface area (Å²) in [5, 5.41) is 14.6. The van der Waals surface area contributed by atoms with Crippen LogP contribution in [0.25, 0.3) is 0 Å². The van der Waals surface area contributed by atoms with Crippen LogP contribution in [0.1, 0.15) is 27.7 Å². The molecule has 1 aromatic rings. The highest BCUT2D eigenvalue weighted by Crippen LogP contribution is 2.52. The summed E-state index contributed by atoms with van der Waals surface area (Å²) < 4.78 is 28.7. The number of nitro groups is 1. The molecular weight excluding hydrogens is 337 g/mol. The van der Waals surface area contributed by atoms with Gasteiger partial charge in [-0.2, -0.15) is 0 Å². The number of anilines is 1. The van der Waals surface area contributed by atoms with E-state index in [1.807, 2.05) is 0 Å². The van der Waals surface area contributed by atoms with E-state index in [2.05, 4.69) is 10.5 Å². The molecule has 0 atom stereocenters. The molecule has 0 radical (unpaired) electrons. The molecule has 0 aliphatic rings. The quantitative estimate of drug-likeness (QED) is 0.246. The lowest BCUT2D eigenvalue weighted by molar-refractivity contribution is -0.384. The largest absolute Gasteiger partial charge is 0.474 e. The predicted molar refractivity (Wildman–Crippen MR) is 91.2 cm³/mol. The summed E-state index contributed by atoms with van der Waals surface area (Å²) >= 11 is 0. The van der Waals surface area contributed by atoms with Crippen molar-refractivity contribution in [3.63, 3.8) is 0 Å². The standard InChI is InChI=1S/C14H22N3O6P/c1-10(2)22-24(20,23-11(3)4)14(21-5)16-15-12-6-8-13(9-7-12)17(18)19/h6-11,15H,1-5H3. The van der Waals surface area contributed by atoms with Crippen molar-refractivity contribution in [2.45, 2.75) is 39.9 Å². The topological polar surface area (TPSA) is 112 Å². The maximum atomic E-state index is 12.9. The second-order valence-electron chi connectivity index (χ2n) is 5.32. The van der Waals surface area contributed by atoms with Gasteiger partial charge in [-0.1, -0.05) is 0 Å². The number of non-ortho nitro benzene ring substituents is 1. The molecule has 0 amide bonds. The second-order valence-corrected chi connectivity index (χ2v) is 7.12. The van der Waals surface area contributed by atoms with Gasteiger partial charge in [0.15, 0.2) is 0 Å². The van der Waals surface area contributed by atoms with E-state index in [1.54, 1.807) is 27.7 Å². The van der Waals surface area contributed by atoms with E-state index in [0.29, 0.717) is 5.69 Å². The summed E-state index contributed by atoms with van der Waals surface area (Å²) in [7, 11) is -2.44. The average Bonchev–Trinajstić information content (AvgIpc) is 2.46. The first-order valence-corrected chi connectivity index (χ1v) is 8.81. The molecule has 1 aromatic carbocycles. The molecule has 0 spiro atoms. The Hall–Kier alpha value is -1.96. The van der Waals surface area contributed by atoms with Crippen molar-refractivity contribution in [2.75, 3.05) is 12.5 Å². The first-order chi connectivity index (χ1) is 11.2. The Bertz CT molecular complexity index is 616. The second kappa shape index (κ2) is 8.77. The van der Waals surface area contributed by atoms with Crippen LogP contribution in [0.5, 0.6) is 0 Å². The fourth-order valence-electron chi connectivity index (χ4n) is 1.66. The molecule has 0 unspecified atom stereocenters. The van der Waals surface area contributed by atoms with Crippen LogP contribution >= 0.6 is 7.60 Å².